The van der Waals surface area contributed by atoms with Crippen LogP contribution in [-0.2, 0) is 0 Å². The third-order valence-corrected chi connectivity index (χ3v) is 1.95. The molecule has 0 aromatic carbocycles. The first-order chi connectivity index (χ1) is 5.81. The third kappa shape index (κ3) is 7.54. The minimum absolute atomic E-state index is 1.01. The molecule has 0 amide bonds. The van der Waals surface area contributed by atoms with E-state index in [1.165, 1.54) is 17.8 Å². The van der Waals surface area contributed by atoms with E-state index in [0.717, 1.165) is 5.69 Å². The Hall–Kier alpha value is -0.570. The van der Waals surface area contributed by atoms with E-state index < -0.39 is 0 Å². The molecule has 1 heterocycles. The van der Waals surface area contributed by atoms with E-state index in [-0.39, 0.29) is 0 Å². The molecule has 0 saturated heterocycles. The number of hydrogen-bond donors (Lipinski definition) is 0. The van der Waals surface area contributed by atoms with Crippen LogP contribution in [0.5, 0.6) is 0 Å². The van der Waals surface area contributed by atoms with Crippen molar-refractivity contribution in [3.63, 3.8) is 0 Å². The molecule has 0 spiro atoms. The first-order valence-corrected chi connectivity index (χ1v) is 5.27. The highest BCUT2D eigenvalue weighted by molar-refractivity contribution is 7.99. The van der Waals surface area contributed by atoms with Crippen molar-refractivity contribution in [2.24, 2.45) is 0 Å². The van der Waals surface area contributed by atoms with Gasteiger partial charge in [-0.2, -0.15) is 11.8 Å². The van der Waals surface area contributed by atoms with Crippen molar-refractivity contribution in [2.75, 3.05) is 11.5 Å². The smallest absolute Gasteiger partial charge is 0.115 e. The minimum atomic E-state index is 1.01. The lowest BCUT2D eigenvalue weighted by Crippen LogP contribution is -1.77. The molecular formula is C9H16N2S. The fraction of sp³-hybridized carbons (Fsp3) is 0.556. The van der Waals surface area contributed by atoms with Crippen molar-refractivity contribution < 1.29 is 0 Å². The molecule has 0 saturated carbocycles. The van der Waals surface area contributed by atoms with Gasteiger partial charge in [0.25, 0.3) is 0 Å². The Morgan fingerprint density at radius 2 is 2.00 bits per heavy atom. The molecule has 0 aliphatic heterocycles. The van der Waals surface area contributed by atoms with Gasteiger partial charge < -0.3 is 0 Å². The predicted molar refractivity (Wildman–Crippen MR) is 55.4 cm³/mol. The van der Waals surface area contributed by atoms with Gasteiger partial charge in [0.1, 0.15) is 6.33 Å². The normalized spacial score (nSPS) is 8.58. The van der Waals surface area contributed by atoms with Crippen LogP contribution in [-0.4, -0.2) is 21.5 Å². The molecule has 0 N–H and O–H groups in total. The van der Waals surface area contributed by atoms with Gasteiger partial charge in [0.05, 0.1) is 0 Å². The van der Waals surface area contributed by atoms with Gasteiger partial charge in [-0.25, -0.2) is 9.97 Å². The van der Waals surface area contributed by atoms with E-state index in [9.17, 15) is 0 Å². The highest BCUT2D eigenvalue weighted by atomic mass is 32.2. The summed E-state index contributed by atoms with van der Waals surface area (Å²) in [6.45, 7) is 6.28. The lowest BCUT2D eigenvalue weighted by Gasteiger charge is -1.81. The van der Waals surface area contributed by atoms with Crippen molar-refractivity contribution in [1.82, 2.24) is 9.97 Å². The van der Waals surface area contributed by atoms with Crippen LogP contribution in [0.2, 0.25) is 0 Å². The maximum atomic E-state index is 3.87. The Kier molecular flexibility index (Phi) is 8.12. The van der Waals surface area contributed by atoms with Gasteiger partial charge in [0, 0.05) is 11.9 Å². The zero-order chi connectivity index (χ0) is 9.23. The first-order valence-electron chi connectivity index (χ1n) is 4.11. The topological polar surface area (TPSA) is 25.8 Å². The number of aromatic nitrogens is 2. The summed E-state index contributed by atoms with van der Waals surface area (Å²) >= 11 is 1.96. The maximum absolute atomic E-state index is 3.87. The predicted octanol–water partition coefficient (Wildman–Crippen LogP) is 2.54. The molecule has 1 rings (SSSR count). The molecular weight excluding hydrogens is 168 g/mol. The molecule has 3 heteroatoms. The van der Waals surface area contributed by atoms with Crippen molar-refractivity contribution in [2.45, 2.75) is 20.8 Å². The van der Waals surface area contributed by atoms with Gasteiger partial charge in [-0.3, -0.25) is 0 Å². The van der Waals surface area contributed by atoms with Crippen molar-refractivity contribution in [3.05, 3.63) is 24.3 Å². The van der Waals surface area contributed by atoms with Crippen LogP contribution >= 0.6 is 11.8 Å². The summed E-state index contributed by atoms with van der Waals surface area (Å²) in [6, 6.07) is 1.86. The van der Waals surface area contributed by atoms with E-state index in [4.69, 9.17) is 0 Å². The van der Waals surface area contributed by atoms with Gasteiger partial charge in [-0.15, -0.1) is 0 Å². The lowest BCUT2D eigenvalue weighted by atomic mass is 10.5. The Morgan fingerprint density at radius 3 is 2.17 bits per heavy atom. The SMILES string of the molecule is CCSCC.Cc1ccncn1. The Morgan fingerprint density at radius 1 is 1.33 bits per heavy atom. The molecule has 0 atom stereocenters. The van der Waals surface area contributed by atoms with E-state index >= 15 is 0 Å². The fourth-order valence-electron chi connectivity index (χ4n) is 0.561. The molecule has 0 radical (unpaired) electrons. The van der Waals surface area contributed by atoms with Crippen LogP contribution in [0.15, 0.2) is 18.6 Å². The molecule has 0 bridgehead atoms. The number of hydrogen-bond acceptors (Lipinski definition) is 3. The number of aryl methyl sites for hydroxylation is 1. The van der Waals surface area contributed by atoms with E-state index in [2.05, 4.69) is 23.8 Å². The molecule has 0 unspecified atom stereocenters. The average Bonchev–Trinajstić information content (AvgIpc) is 2.08. The van der Waals surface area contributed by atoms with Crippen molar-refractivity contribution in [1.29, 1.82) is 0 Å². The molecule has 1 aromatic heterocycles. The van der Waals surface area contributed by atoms with Crippen LogP contribution < -0.4 is 0 Å². The van der Waals surface area contributed by atoms with Crippen LogP contribution in [0.3, 0.4) is 0 Å². The first kappa shape index (κ1) is 11.4. The Labute approximate surface area is 78.8 Å². The van der Waals surface area contributed by atoms with Gasteiger partial charge in [-0.05, 0) is 24.5 Å². The monoisotopic (exact) mass is 184 g/mol. The third-order valence-electron chi connectivity index (χ3n) is 1.14. The second kappa shape index (κ2) is 8.53. The van der Waals surface area contributed by atoms with E-state index in [0.29, 0.717) is 0 Å². The summed E-state index contributed by atoms with van der Waals surface area (Å²) in [6.07, 6.45) is 3.26. The molecule has 12 heavy (non-hydrogen) atoms. The molecule has 0 fully saturated rings. The van der Waals surface area contributed by atoms with Gasteiger partial charge in [0.2, 0.25) is 0 Å². The van der Waals surface area contributed by atoms with Crippen LogP contribution in [0.25, 0.3) is 0 Å². The summed E-state index contributed by atoms with van der Waals surface area (Å²) in [5.41, 5.74) is 1.01. The quantitative estimate of drug-likeness (QED) is 0.706. The summed E-state index contributed by atoms with van der Waals surface area (Å²) < 4.78 is 0. The Balaban J connectivity index is 0.000000217. The number of rotatable bonds is 2. The second-order valence-corrected chi connectivity index (χ2v) is 3.70. The lowest BCUT2D eigenvalue weighted by molar-refractivity contribution is 1.10. The maximum Gasteiger partial charge on any atom is 0.115 e. The summed E-state index contributed by atoms with van der Waals surface area (Å²) in [5, 5.41) is 0. The van der Waals surface area contributed by atoms with Gasteiger partial charge in [-0.1, -0.05) is 13.8 Å². The van der Waals surface area contributed by atoms with Crippen LogP contribution in [0, 0.1) is 6.92 Å². The van der Waals surface area contributed by atoms with Crippen molar-refractivity contribution >= 4 is 11.8 Å². The highest BCUT2D eigenvalue weighted by Crippen LogP contribution is 1.93. The molecule has 2 nitrogen and oxygen atoms in total. The summed E-state index contributed by atoms with van der Waals surface area (Å²) in [5.74, 6) is 2.52. The van der Waals surface area contributed by atoms with E-state index in [1.54, 1.807) is 6.20 Å². The van der Waals surface area contributed by atoms with Crippen molar-refractivity contribution in [3.8, 4) is 0 Å². The van der Waals surface area contributed by atoms with Gasteiger partial charge in [0.15, 0.2) is 0 Å². The second-order valence-electron chi connectivity index (χ2n) is 2.13. The number of thioether (sulfide) groups is 1. The standard InChI is InChI=1S/C5H6N2.C4H10S/c1-5-2-3-6-4-7-5;1-3-5-4-2/h2-4H,1H3;3-4H2,1-2H3. The molecule has 68 valence electrons. The minimum Gasteiger partial charge on any atom is -0.245 e. The fourth-order valence-corrected chi connectivity index (χ4v) is 0.969. The molecule has 0 aliphatic rings. The highest BCUT2D eigenvalue weighted by Gasteiger charge is 1.74. The van der Waals surface area contributed by atoms with Gasteiger partial charge >= 0.3 is 0 Å². The largest absolute Gasteiger partial charge is 0.245 e. The zero-order valence-electron chi connectivity index (χ0n) is 7.95. The van der Waals surface area contributed by atoms with Crippen LogP contribution in [0.1, 0.15) is 19.5 Å². The average molecular weight is 184 g/mol. The summed E-state index contributed by atoms with van der Waals surface area (Å²) in [4.78, 5) is 7.60. The summed E-state index contributed by atoms with van der Waals surface area (Å²) in [7, 11) is 0. The van der Waals surface area contributed by atoms with E-state index in [1.807, 2.05) is 24.8 Å². The Bertz CT molecular complexity index is 175. The van der Waals surface area contributed by atoms with Crippen LogP contribution in [0.4, 0.5) is 0 Å². The number of nitrogens with zero attached hydrogens (tertiary/aromatic N) is 2. The molecule has 1 aromatic rings. The zero-order valence-corrected chi connectivity index (χ0v) is 8.77. The molecule has 0 aliphatic carbocycles.